The Morgan fingerprint density at radius 1 is 0.500 bits per heavy atom. The van der Waals surface area contributed by atoms with Gasteiger partial charge in [0.25, 0.3) is 0 Å². The third kappa shape index (κ3) is 6.96. The lowest BCUT2D eigenvalue weighted by atomic mass is 9.99. The van der Waals surface area contributed by atoms with Crippen LogP contribution in [0.25, 0.3) is 22.3 Å². The molecule has 0 spiro atoms. The van der Waals surface area contributed by atoms with Crippen LogP contribution in [0.1, 0.15) is 11.1 Å². The maximum atomic E-state index is 12.1. The Morgan fingerprint density at radius 3 is 1.61 bits per heavy atom. The fourth-order valence-electron chi connectivity index (χ4n) is 4.07. The van der Waals surface area contributed by atoms with Crippen LogP contribution in [0.4, 0.5) is 0 Å². The summed E-state index contributed by atoms with van der Waals surface area (Å²) in [6.45, 7) is 0.811. The van der Waals surface area contributed by atoms with E-state index in [-0.39, 0.29) is 6.61 Å². The van der Waals surface area contributed by atoms with Crippen LogP contribution in [0.5, 0.6) is 11.5 Å². The lowest BCUT2D eigenvalue weighted by Crippen LogP contribution is -2.15. The Kier molecular flexibility index (Phi) is 8.24. The average molecular weight is 501 g/mol. The van der Waals surface area contributed by atoms with Crippen molar-refractivity contribution in [2.45, 2.75) is 13.2 Å². The highest BCUT2D eigenvalue weighted by Crippen LogP contribution is 2.29. The van der Waals surface area contributed by atoms with E-state index < -0.39 is 5.97 Å². The number of carbonyl (C=O) groups excluding carboxylic acids is 1. The van der Waals surface area contributed by atoms with Gasteiger partial charge in [0.2, 0.25) is 0 Å². The molecule has 0 aromatic heterocycles. The van der Waals surface area contributed by atoms with Crippen molar-refractivity contribution in [3.63, 3.8) is 0 Å². The molecule has 4 nitrogen and oxygen atoms in total. The smallest absolute Gasteiger partial charge is 0.337 e. The average Bonchev–Trinajstić information content (AvgIpc) is 2.98. The van der Waals surface area contributed by atoms with Gasteiger partial charge in [-0.25, -0.2) is 4.79 Å². The summed E-state index contributed by atoms with van der Waals surface area (Å²) in [6, 6.07) is 43.9. The number of carbonyl (C=O) groups is 1. The molecule has 0 atom stereocenters. The third-order valence-electron chi connectivity index (χ3n) is 6.05. The topological polar surface area (TPSA) is 44.8 Å². The van der Waals surface area contributed by atoms with Crippen LogP contribution in [0.15, 0.2) is 133 Å². The lowest BCUT2D eigenvalue weighted by Gasteiger charge is -2.10. The number of rotatable bonds is 10. The van der Waals surface area contributed by atoms with Crippen molar-refractivity contribution in [2.75, 3.05) is 6.61 Å². The van der Waals surface area contributed by atoms with E-state index in [2.05, 4.69) is 42.5 Å². The Labute approximate surface area is 223 Å². The molecule has 0 radical (unpaired) electrons. The Hall–Kier alpha value is -4.67. The fourth-order valence-corrected chi connectivity index (χ4v) is 4.07. The zero-order chi connectivity index (χ0) is 26.0. The fraction of sp³-hybridized carbons (Fsp3) is 0.0882. The van der Waals surface area contributed by atoms with Gasteiger partial charge in [0.1, 0.15) is 24.7 Å². The van der Waals surface area contributed by atoms with Gasteiger partial charge in [0, 0.05) is 0 Å². The highest BCUT2D eigenvalue weighted by Gasteiger charge is 2.07. The van der Waals surface area contributed by atoms with E-state index in [1.807, 2.05) is 78.9 Å². The molecule has 0 N–H and O–H groups in total. The molecule has 0 aliphatic carbocycles. The Bertz CT molecular complexity index is 1440. The lowest BCUT2D eigenvalue weighted by molar-refractivity contribution is -0.139. The van der Waals surface area contributed by atoms with E-state index in [0.29, 0.717) is 19.0 Å². The van der Waals surface area contributed by atoms with E-state index in [1.165, 1.54) is 0 Å². The highest BCUT2D eigenvalue weighted by atomic mass is 16.6. The summed E-state index contributed by atoms with van der Waals surface area (Å²) in [5.74, 6) is 0.903. The van der Waals surface area contributed by atoms with E-state index in [1.54, 1.807) is 12.1 Å². The van der Waals surface area contributed by atoms with Gasteiger partial charge in [-0.2, -0.15) is 0 Å². The molecular weight excluding hydrogens is 472 g/mol. The second kappa shape index (κ2) is 12.5. The molecule has 0 saturated heterocycles. The molecule has 4 heteroatoms. The van der Waals surface area contributed by atoms with Crippen molar-refractivity contribution in [1.82, 2.24) is 0 Å². The first-order valence-electron chi connectivity index (χ1n) is 12.5. The first kappa shape index (κ1) is 25.0. The normalized spacial score (nSPS) is 10.6. The van der Waals surface area contributed by atoms with Crippen LogP contribution < -0.4 is 9.47 Å². The van der Waals surface area contributed by atoms with Gasteiger partial charge in [-0.1, -0.05) is 103 Å². The maximum absolute atomic E-state index is 12.1. The third-order valence-corrected chi connectivity index (χ3v) is 6.05. The molecule has 0 aliphatic heterocycles. The SMILES string of the molecule is O=C(COCc1ccccc1)Oc1ccc(-c2cccc(-c3ccc(OCc4ccccc4)cc3)c2)cc1. The van der Waals surface area contributed by atoms with E-state index in [0.717, 1.165) is 39.1 Å². The summed E-state index contributed by atoms with van der Waals surface area (Å²) in [4.78, 5) is 12.1. The molecule has 5 aromatic rings. The summed E-state index contributed by atoms with van der Waals surface area (Å²) in [7, 11) is 0. The predicted octanol–water partition coefficient (Wildman–Crippen LogP) is 7.72. The second-order valence-corrected chi connectivity index (χ2v) is 8.86. The minimum atomic E-state index is -0.424. The minimum absolute atomic E-state index is 0.102. The molecule has 0 heterocycles. The summed E-state index contributed by atoms with van der Waals surface area (Å²) in [6.07, 6.45) is 0. The molecular formula is C34H28O4. The van der Waals surface area contributed by atoms with Gasteiger partial charge >= 0.3 is 5.97 Å². The van der Waals surface area contributed by atoms with Crippen LogP contribution in [-0.4, -0.2) is 12.6 Å². The largest absolute Gasteiger partial charge is 0.489 e. The molecule has 38 heavy (non-hydrogen) atoms. The second-order valence-electron chi connectivity index (χ2n) is 8.86. The number of ether oxygens (including phenoxy) is 3. The Morgan fingerprint density at radius 2 is 1.03 bits per heavy atom. The number of hydrogen-bond donors (Lipinski definition) is 0. The van der Waals surface area contributed by atoms with Crippen molar-refractivity contribution in [3.05, 3.63) is 145 Å². The minimum Gasteiger partial charge on any atom is -0.489 e. The predicted molar refractivity (Wildman–Crippen MR) is 150 cm³/mol. The summed E-state index contributed by atoms with van der Waals surface area (Å²) < 4.78 is 16.8. The molecule has 0 unspecified atom stereocenters. The van der Waals surface area contributed by atoms with Gasteiger partial charge in [-0.3, -0.25) is 0 Å². The Balaban J connectivity index is 1.16. The molecule has 5 aromatic carbocycles. The highest BCUT2D eigenvalue weighted by molar-refractivity contribution is 5.75. The van der Waals surface area contributed by atoms with Gasteiger partial charge in [-0.05, 0) is 63.7 Å². The molecule has 0 fully saturated rings. The molecule has 0 amide bonds. The quantitative estimate of drug-likeness (QED) is 0.145. The van der Waals surface area contributed by atoms with Gasteiger partial charge in [-0.15, -0.1) is 0 Å². The van der Waals surface area contributed by atoms with Crippen molar-refractivity contribution < 1.29 is 19.0 Å². The first-order chi connectivity index (χ1) is 18.7. The van der Waals surface area contributed by atoms with Crippen LogP contribution in [-0.2, 0) is 22.7 Å². The van der Waals surface area contributed by atoms with Crippen LogP contribution >= 0.6 is 0 Å². The zero-order valence-electron chi connectivity index (χ0n) is 21.0. The van der Waals surface area contributed by atoms with Crippen LogP contribution in [0, 0.1) is 0 Å². The van der Waals surface area contributed by atoms with Crippen molar-refractivity contribution in [2.24, 2.45) is 0 Å². The first-order valence-corrected chi connectivity index (χ1v) is 12.5. The maximum Gasteiger partial charge on any atom is 0.337 e. The van der Waals surface area contributed by atoms with Gasteiger partial charge < -0.3 is 14.2 Å². The molecule has 5 rings (SSSR count). The summed E-state index contributed by atoms with van der Waals surface area (Å²) in [5, 5.41) is 0. The molecule has 0 bridgehead atoms. The van der Waals surface area contributed by atoms with Crippen molar-refractivity contribution in [3.8, 4) is 33.8 Å². The van der Waals surface area contributed by atoms with E-state index >= 15 is 0 Å². The van der Waals surface area contributed by atoms with Gasteiger partial charge in [0.05, 0.1) is 6.61 Å². The summed E-state index contributed by atoms with van der Waals surface area (Å²) >= 11 is 0. The van der Waals surface area contributed by atoms with Crippen LogP contribution in [0.3, 0.4) is 0 Å². The molecule has 0 saturated carbocycles. The molecule has 188 valence electrons. The van der Waals surface area contributed by atoms with Gasteiger partial charge in [0.15, 0.2) is 0 Å². The van der Waals surface area contributed by atoms with Crippen molar-refractivity contribution in [1.29, 1.82) is 0 Å². The molecule has 0 aliphatic rings. The van der Waals surface area contributed by atoms with Crippen LogP contribution in [0.2, 0.25) is 0 Å². The monoisotopic (exact) mass is 500 g/mol. The number of hydrogen-bond acceptors (Lipinski definition) is 4. The van der Waals surface area contributed by atoms with E-state index in [9.17, 15) is 4.79 Å². The van der Waals surface area contributed by atoms with E-state index in [4.69, 9.17) is 14.2 Å². The standard InChI is InChI=1S/C34H28O4/c35-34(25-36-23-26-8-3-1-4-9-26)38-33-20-16-29(17-21-33)31-13-7-12-30(22-31)28-14-18-32(19-15-28)37-24-27-10-5-2-6-11-27/h1-22H,23-25H2. The zero-order valence-corrected chi connectivity index (χ0v) is 21.0. The summed E-state index contributed by atoms with van der Waals surface area (Å²) in [5.41, 5.74) is 6.49. The van der Waals surface area contributed by atoms with Crippen molar-refractivity contribution >= 4 is 5.97 Å². The number of esters is 1. The number of benzene rings is 5.